The number of hydrogen-bond donors (Lipinski definition) is 1. The van der Waals surface area contributed by atoms with Gasteiger partial charge in [-0.25, -0.2) is 0 Å². The Morgan fingerprint density at radius 2 is 2.38 bits per heavy atom. The summed E-state index contributed by atoms with van der Waals surface area (Å²) in [5, 5.41) is 22.3. The number of nitrogens with zero attached hydrogens (tertiary/aromatic N) is 4. The zero-order chi connectivity index (χ0) is 11.4. The molecule has 0 spiro atoms. The first-order valence-corrected chi connectivity index (χ1v) is 4.72. The van der Waals surface area contributed by atoms with Gasteiger partial charge in [-0.3, -0.25) is 0 Å². The van der Waals surface area contributed by atoms with Gasteiger partial charge in [-0.05, 0) is 23.8 Å². The van der Waals surface area contributed by atoms with E-state index in [0.717, 1.165) is 11.1 Å². The molecular formula is C11H9N5. The van der Waals surface area contributed by atoms with Crippen LogP contribution in [-0.4, -0.2) is 20.6 Å². The molecule has 5 heteroatoms. The molecule has 2 rings (SSSR count). The van der Waals surface area contributed by atoms with Crippen LogP contribution in [-0.2, 0) is 0 Å². The van der Waals surface area contributed by atoms with Crippen LogP contribution in [0.25, 0.3) is 11.6 Å². The maximum Gasteiger partial charge on any atom is 0.215 e. The Morgan fingerprint density at radius 3 is 3.00 bits per heavy atom. The quantitative estimate of drug-likeness (QED) is 0.765. The van der Waals surface area contributed by atoms with E-state index in [2.05, 4.69) is 20.6 Å². The Hall–Kier alpha value is -2.48. The molecule has 0 saturated carbocycles. The number of hydrogen-bond acceptors (Lipinski definition) is 4. The molecule has 0 aliphatic rings. The van der Waals surface area contributed by atoms with Crippen LogP contribution in [0.3, 0.4) is 0 Å². The minimum absolute atomic E-state index is 0.309. The third-order valence-corrected chi connectivity index (χ3v) is 2.06. The van der Waals surface area contributed by atoms with Crippen LogP contribution in [0.2, 0.25) is 0 Å². The van der Waals surface area contributed by atoms with Gasteiger partial charge >= 0.3 is 0 Å². The van der Waals surface area contributed by atoms with E-state index < -0.39 is 0 Å². The second-order valence-electron chi connectivity index (χ2n) is 3.32. The predicted octanol–water partition coefficient (Wildman–Crippen LogP) is 1.57. The van der Waals surface area contributed by atoms with Crippen molar-refractivity contribution in [3.63, 3.8) is 0 Å². The third kappa shape index (κ3) is 2.12. The zero-order valence-corrected chi connectivity index (χ0v) is 8.68. The van der Waals surface area contributed by atoms with Gasteiger partial charge in [-0.2, -0.15) is 10.5 Å². The van der Waals surface area contributed by atoms with Gasteiger partial charge in [0.05, 0.1) is 0 Å². The van der Waals surface area contributed by atoms with Crippen LogP contribution in [0, 0.1) is 18.3 Å². The monoisotopic (exact) mass is 211 g/mol. The Balaban J connectivity index is 2.40. The molecule has 0 amide bonds. The molecule has 0 bridgehead atoms. The molecule has 2 aromatic rings. The average molecular weight is 211 g/mol. The van der Waals surface area contributed by atoms with Gasteiger partial charge < -0.3 is 0 Å². The normalized spacial score (nSPS) is 11.1. The number of nitriles is 1. The molecule has 5 nitrogen and oxygen atoms in total. The van der Waals surface area contributed by atoms with E-state index >= 15 is 0 Å². The van der Waals surface area contributed by atoms with Crippen molar-refractivity contribution in [2.45, 2.75) is 6.92 Å². The number of aromatic nitrogens is 4. The lowest BCUT2D eigenvalue weighted by Gasteiger charge is -1.96. The summed E-state index contributed by atoms with van der Waals surface area (Å²) in [6.07, 6.45) is 1.73. The van der Waals surface area contributed by atoms with E-state index in [1.54, 1.807) is 6.08 Å². The average Bonchev–Trinajstić information content (AvgIpc) is 2.79. The Labute approximate surface area is 92.4 Å². The minimum atomic E-state index is 0.309. The number of aryl methyl sites for hydroxylation is 1. The molecule has 78 valence electrons. The van der Waals surface area contributed by atoms with E-state index in [-0.39, 0.29) is 0 Å². The van der Waals surface area contributed by atoms with Crippen LogP contribution in [0.15, 0.2) is 24.3 Å². The molecule has 1 aromatic carbocycles. The maximum atomic E-state index is 8.99. The van der Waals surface area contributed by atoms with Gasteiger partial charge in [0.15, 0.2) is 0 Å². The van der Waals surface area contributed by atoms with Crippen LogP contribution < -0.4 is 0 Å². The van der Waals surface area contributed by atoms with Crippen molar-refractivity contribution >= 4 is 11.6 Å². The summed E-state index contributed by atoms with van der Waals surface area (Å²) in [6.45, 7) is 2.00. The largest absolute Gasteiger partial charge is 0.215 e. The predicted molar refractivity (Wildman–Crippen MR) is 58.8 cm³/mol. The van der Waals surface area contributed by atoms with Crippen LogP contribution in [0.5, 0.6) is 0 Å². The molecule has 0 aliphatic heterocycles. The fraction of sp³-hybridized carbons (Fsp3) is 0.0909. The lowest BCUT2D eigenvalue weighted by atomic mass is 10.1. The van der Waals surface area contributed by atoms with Crippen LogP contribution in [0.1, 0.15) is 17.0 Å². The van der Waals surface area contributed by atoms with Crippen molar-refractivity contribution in [1.29, 1.82) is 5.26 Å². The summed E-state index contributed by atoms with van der Waals surface area (Å²) in [5.74, 6) is 0.309. The minimum Gasteiger partial charge on any atom is -0.192 e. The first-order valence-electron chi connectivity index (χ1n) is 4.72. The lowest BCUT2D eigenvalue weighted by molar-refractivity contribution is 0.881. The second kappa shape index (κ2) is 4.36. The number of allylic oxidation sites excluding steroid dienone is 1. The number of rotatable bonds is 2. The van der Waals surface area contributed by atoms with E-state index in [1.807, 2.05) is 37.3 Å². The molecular weight excluding hydrogens is 202 g/mol. The third-order valence-electron chi connectivity index (χ3n) is 2.06. The van der Waals surface area contributed by atoms with Crippen molar-refractivity contribution in [3.05, 3.63) is 41.2 Å². The summed E-state index contributed by atoms with van der Waals surface area (Å²) < 4.78 is 0. The number of H-pyrrole nitrogens is 1. The van der Waals surface area contributed by atoms with Crippen molar-refractivity contribution in [2.75, 3.05) is 0 Å². The highest BCUT2D eigenvalue weighted by molar-refractivity contribution is 5.86. The molecule has 16 heavy (non-hydrogen) atoms. The highest BCUT2D eigenvalue weighted by Gasteiger charge is 2.05. The molecule has 1 aromatic heterocycles. The van der Waals surface area contributed by atoms with E-state index in [1.165, 1.54) is 0 Å². The summed E-state index contributed by atoms with van der Waals surface area (Å²) >= 11 is 0. The van der Waals surface area contributed by atoms with Crippen LogP contribution in [0.4, 0.5) is 0 Å². The summed E-state index contributed by atoms with van der Waals surface area (Å²) in [4.78, 5) is 0. The van der Waals surface area contributed by atoms with Gasteiger partial charge in [0.2, 0.25) is 5.82 Å². The Morgan fingerprint density at radius 1 is 1.50 bits per heavy atom. The van der Waals surface area contributed by atoms with E-state index in [0.29, 0.717) is 11.4 Å². The SMILES string of the molecule is Cc1cccc(/C=C(\C#N)c2nn[nH]n2)c1. The highest BCUT2D eigenvalue weighted by atomic mass is 15.5. The van der Waals surface area contributed by atoms with Crippen molar-refractivity contribution < 1.29 is 0 Å². The standard InChI is InChI=1S/C11H9N5/c1-8-3-2-4-9(5-8)6-10(7-12)11-13-15-16-14-11/h2-6H,1H3,(H,13,14,15,16)/b10-6+. The lowest BCUT2D eigenvalue weighted by Crippen LogP contribution is -1.85. The Kier molecular flexibility index (Phi) is 2.74. The van der Waals surface area contributed by atoms with Gasteiger partial charge in [0.25, 0.3) is 0 Å². The van der Waals surface area contributed by atoms with Gasteiger partial charge in [0, 0.05) is 0 Å². The van der Waals surface area contributed by atoms with E-state index in [9.17, 15) is 0 Å². The maximum absolute atomic E-state index is 8.99. The smallest absolute Gasteiger partial charge is 0.192 e. The molecule has 1 heterocycles. The number of tetrazole rings is 1. The van der Waals surface area contributed by atoms with Gasteiger partial charge in [-0.1, -0.05) is 29.8 Å². The summed E-state index contributed by atoms with van der Waals surface area (Å²) in [6, 6.07) is 9.89. The van der Waals surface area contributed by atoms with Crippen LogP contribution >= 0.6 is 0 Å². The molecule has 0 unspecified atom stereocenters. The van der Waals surface area contributed by atoms with E-state index in [4.69, 9.17) is 5.26 Å². The van der Waals surface area contributed by atoms with Crippen molar-refractivity contribution in [2.24, 2.45) is 0 Å². The molecule has 0 saturated heterocycles. The van der Waals surface area contributed by atoms with Gasteiger partial charge in [0.1, 0.15) is 11.6 Å². The first-order chi connectivity index (χ1) is 7.79. The fourth-order valence-corrected chi connectivity index (χ4v) is 1.35. The molecule has 1 N–H and O–H groups in total. The molecule has 0 atom stereocenters. The Bertz CT molecular complexity index is 548. The summed E-state index contributed by atoms with van der Waals surface area (Å²) in [5.41, 5.74) is 2.47. The molecule has 0 radical (unpaired) electrons. The molecule has 0 aliphatic carbocycles. The second-order valence-corrected chi connectivity index (χ2v) is 3.32. The number of aromatic amines is 1. The number of nitrogens with one attached hydrogen (secondary N) is 1. The van der Waals surface area contributed by atoms with Gasteiger partial charge in [-0.15, -0.1) is 10.2 Å². The summed E-state index contributed by atoms with van der Waals surface area (Å²) in [7, 11) is 0. The highest BCUT2D eigenvalue weighted by Crippen LogP contribution is 2.13. The van der Waals surface area contributed by atoms with Crippen molar-refractivity contribution in [3.8, 4) is 6.07 Å². The fourth-order valence-electron chi connectivity index (χ4n) is 1.35. The van der Waals surface area contributed by atoms with Crippen molar-refractivity contribution in [1.82, 2.24) is 20.6 Å². The first kappa shape index (κ1) is 10.1. The molecule has 0 fully saturated rings. The number of benzene rings is 1. The zero-order valence-electron chi connectivity index (χ0n) is 8.68. The topological polar surface area (TPSA) is 78.2 Å².